The summed E-state index contributed by atoms with van der Waals surface area (Å²) < 4.78 is 0. The zero-order chi connectivity index (χ0) is 10.9. The topological polar surface area (TPSA) is 18.5 Å². The molecule has 0 aromatic carbocycles. The van der Waals surface area contributed by atoms with Crippen molar-refractivity contribution in [2.24, 2.45) is 0 Å². The average molecular weight is 211 g/mol. The molecular weight excluding hydrogens is 186 g/mol. The van der Waals surface area contributed by atoms with Gasteiger partial charge in [-0.05, 0) is 33.2 Å². The zero-order valence-corrected chi connectivity index (χ0v) is 10.4. The first-order valence-electron chi connectivity index (χ1n) is 6.33. The number of fused-ring (bicyclic) bond motifs is 1. The lowest BCUT2D eigenvalue weighted by atomic mass is 9.95. The van der Waals surface area contributed by atoms with E-state index >= 15 is 0 Å². The van der Waals surface area contributed by atoms with E-state index in [1.54, 1.807) is 0 Å². The van der Waals surface area contributed by atoms with E-state index in [1.165, 1.54) is 39.0 Å². The molecule has 0 aromatic rings. The van der Waals surface area contributed by atoms with Crippen molar-refractivity contribution in [2.45, 2.75) is 45.2 Å². The summed E-state index contributed by atoms with van der Waals surface area (Å²) in [6.07, 6.45) is 2.56. The third-order valence-corrected chi connectivity index (χ3v) is 4.30. The molecule has 3 nitrogen and oxygen atoms in total. The van der Waals surface area contributed by atoms with Crippen LogP contribution in [0, 0.1) is 0 Å². The van der Waals surface area contributed by atoms with Crippen LogP contribution >= 0.6 is 0 Å². The molecule has 0 spiro atoms. The second-order valence-electron chi connectivity index (χ2n) is 5.52. The molecular formula is C12H25N3. The van der Waals surface area contributed by atoms with Gasteiger partial charge in [0.25, 0.3) is 0 Å². The Kier molecular flexibility index (Phi) is 3.33. The van der Waals surface area contributed by atoms with Gasteiger partial charge in [-0.1, -0.05) is 6.92 Å². The summed E-state index contributed by atoms with van der Waals surface area (Å²) in [6, 6.07) is 0.797. The van der Waals surface area contributed by atoms with E-state index in [0.717, 1.165) is 12.7 Å². The highest BCUT2D eigenvalue weighted by Gasteiger charge is 2.34. The Morgan fingerprint density at radius 3 is 2.87 bits per heavy atom. The molecule has 88 valence electrons. The molecule has 0 aliphatic carbocycles. The lowest BCUT2D eigenvalue weighted by Gasteiger charge is -2.49. The normalized spacial score (nSPS) is 30.2. The summed E-state index contributed by atoms with van der Waals surface area (Å²) in [5.41, 5.74) is 0.386. The summed E-state index contributed by atoms with van der Waals surface area (Å²) in [5.74, 6) is 0. The largest absolute Gasteiger partial charge is 0.304 e. The van der Waals surface area contributed by atoms with Crippen LogP contribution in [-0.2, 0) is 0 Å². The van der Waals surface area contributed by atoms with E-state index in [2.05, 4.69) is 35.9 Å². The summed E-state index contributed by atoms with van der Waals surface area (Å²) in [7, 11) is 0. The SMILES string of the molecule is CCC(C)(C)N1CCN2CNCCC2C1. The number of nitrogens with zero attached hydrogens (tertiary/aromatic N) is 2. The first-order chi connectivity index (χ1) is 7.13. The predicted molar refractivity (Wildman–Crippen MR) is 63.9 cm³/mol. The van der Waals surface area contributed by atoms with Gasteiger partial charge in [-0.25, -0.2) is 0 Å². The van der Waals surface area contributed by atoms with E-state index in [4.69, 9.17) is 0 Å². The predicted octanol–water partition coefficient (Wildman–Crippen LogP) is 1.11. The molecule has 2 aliphatic heterocycles. The van der Waals surface area contributed by atoms with Crippen LogP contribution in [0.15, 0.2) is 0 Å². The molecule has 2 rings (SSSR count). The molecule has 2 fully saturated rings. The molecule has 15 heavy (non-hydrogen) atoms. The van der Waals surface area contributed by atoms with Crippen molar-refractivity contribution in [3.8, 4) is 0 Å². The maximum atomic E-state index is 3.46. The number of hydrogen-bond donors (Lipinski definition) is 1. The third-order valence-electron chi connectivity index (χ3n) is 4.30. The first kappa shape index (κ1) is 11.4. The Morgan fingerprint density at radius 2 is 2.13 bits per heavy atom. The molecule has 1 N–H and O–H groups in total. The smallest absolute Gasteiger partial charge is 0.0484 e. The molecule has 2 saturated heterocycles. The van der Waals surface area contributed by atoms with Crippen molar-refractivity contribution in [3.05, 3.63) is 0 Å². The van der Waals surface area contributed by atoms with E-state index in [0.29, 0.717) is 5.54 Å². The fourth-order valence-electron chi connectivity index (χ4n) is 2.64. The van der Waals surface area contributed by atoms with E-state index in [-0.39, 0.29) is 0 Å². The summed E-state index contributed by atoms with van der Waals surface area (Å²) in [4.78, 5) is 5.28. The van der Waals surface area contributed by atoms with Gasteiger partial charge in [0.2, 0.25) is 0 Å². The highest BCUT2D eigenvalue weighted by Crippen LogP contribution is 2.24. The molecule has 3 heteroatoms. The minimum atomic E-state index is 0.386. The Morgan fingerprint density at radius 1 is 1.33 bits per heavy atom. The Balaban J connectivity index is 1.96. The van der Waals surface area contributed by atoms with Crippen molar-refractivity contribution in [2.75, 3.05) is 32.8 Å². The Bertz CT molecular complexity index is 215. The summed E-state index contributed by atoms with van der Waals surface area (Å²) in [6.45, 7) is 13.1. The van der Waals surface area contributed by atoms with Gasteiger partial charge in [0, 0.05) is 37.9 Å². The van der Waals surface area contributed by atoms with Crippen molar-refractivity contribution < 1.29 is 0 Å². The van der Waals surface area contributed by atoms with E-state index < -0.39 is 0 Å². The van der Waals surface area contributed by atoms with Gasteiger partial charge in [0.15, 0.2) is 0 Å². The molecule has 2 heterocycles. The van der Waals surface area contributed by atoms with Gasteiger partial charge in [0.05, 0.1) is 0 Å². The fourth-order valence-corrected chi connectivity index (χ4v) is 2.64. The van der Waals surface area contributed by atoms with Crippen molar-refractivity contribution >= 4 is 0 Å². The minimum Gasteiger partial charge on any atom is -0.304 e. The minimum absolute atomic E-state index is 0.386. The third kappa shape index (κ3) is 2.35. The van der Waals surface area contributed by atoms with Crippen LogP contribution in [0.3, 0.4) is 0 Å². The molecule has 0 aromatic heterocycles. The Labute approximate surface area is 93.8 Å². The van der Waals surface area contributed by atoms with Crippen LogP contribution < -0.4 is 5.32 Å². The van der Waals surface area contributed by atoms with E-state index in [1.807, 2.05) is 0 Å². The van der Waals surface area contributed by atoms with Crippen LogP contribution in [0.1, 0.15) is 33.6 Å². The highest BCUT2D eigenvalue weighted by molar-refractivity contribution is 4.91. The molecule has 0 amide bonds. The fraction of sp³-hybridized carbons (Fsp3) is 1.00. The molecule has 1 unspecified atom stereocenters. The first-order valence-corrected chi connectivity index (χ1v) is 6.33. The van der Waals surface area contributed by atoms with Crippen molar-refractivity contribution in [3.63, 3.8) is 0 Å². The van der Waals surface area contributed by atoms with Gasteiger partial charge < -0.3 is 5.32 Å². The summed E-state index contributed by atoms with van der Waals surface area (Å²) >= 11 is 0. The van der Waals surface area contributed by atoms with Crippen molar-refractivity contribution in [1.29, 1.82) is 0 Å². The van der Waals surface area contributed by atoms with E-state index in [9.17, 15) is 0 Å². The van der Waals surface area contributed by atoms with Gasteiger partial charge in [-0.15, -0.1) is 0 Å². The number of piperazine rings is 1. The molecule has 0 saturated carbocycles. The Hall–Kier alpha value is -0.120. The standard InChI is InChI=1S/C12H25N3/c1-4-12(2,3)15-8-7-14-10-13-6-5-11(14)9-15/h11,13H,4-10H2,1-3H3. The maximum Gasteiger partial charge on any atom is 0.0484 e. The average Bonchev–Trinajstić information content (AvgIpc) is 2.28. The molecule has 0 bridgehead atoms. The monoisotopic (exact) mass is 211 g/mol. The maximum absolute atomic E-state index is 3.46. The lowest BCUT2D eigenvalue weighted by Crippen LogP contribution is -2.62. The van der Waals surface area contributed by atoms with Crippen LogP contribution in [0.5, 0.6) is 0 Å². The lowest BCUT2D eigenvalue weighted by molar-refractivity contribution is -0.00472. The van der Waals surface area contributed by atoms with Crippen LogP contribution in [0.25, 0.3) is 0 Å². The second kappa shape index (κ2) is 4.40. The van der Waals surface area contributed by atoms with Gasteiger partial charge in [-0.2, -0.15) is 0 Å². The van der Waals surface area contributed by atoms with Crippen LogP contribution in [0.4, 0.5) is 0 Å². The molecule has 0 radical (unpaired) electrons. The van der Waals surface area contributed by atoms with Crippen molar-refractivity contribution in [1.82, 2.24) is 15.1 Å². The number of rotatable bonds is 2. The summed E-state index contributed by atoms with van der Waals surface area (Å²) in [5, 5.41) is 3.46. The zero-order valence-electron chi connectivity index (χ0n) is 10.4. The molecule has 2 aliphatic rings. The van der Waals surface area contributed by atoms with Gasteiger partial charge in [0.1, 0.15) is 0 Å². The number of nitrogens with one attached hydrogen (secondary N) is 1. The molecule has 1 atom stereocenters. The van der Waals surface area contributed by atoms with Crippen LogP contribution in [-0.4, -0.2) is 54.2 Å². The van der Waals surface area contributed by atoms with Gasteiger partial charge >= 0.3 is 0 Å². The highest BCUT2D eigenvalue weighted by atomic mass is 15.4. The number of hydrogen-bond acceptors (Lipinski definition) is 3. The van der Waals surface area contributed by atoms with Gasteiger partial charge in [-0.3, -0.25) is 9.80 Å². The van der Waals surface area contributed by atoms with Crippen LogP contribution in [0.2, 0.25) is 0 Å². The quantitative estimate of drug-likeness (QED) is 0.738. The second-order valence-corrected chi connectivity index (χ2v) is 5.52.